The molecular formula is C13H6Br2ClF3. The summed E-state index contributed by atoms with van der Waals surface area (Å²) in [6.07, 6.45) is 0. The van der Waals surface area contributed by atoms with E-state index in [-0.39, 0.29) is 5.56 Å². The van der Waals surface area contributed by atoms with Crippen molar-refractivity contribution in [1.29, 1.82) is 0 Å². The Balaban J connectivity index is 2.52. The summed E-state index contributed by atoms with van der Waals surface area (Å²) in [5.74, 6) is -3.16. The summed E-state index contributed by atoms with van der Waals surface area (Å²) in [4.78, 5) is -0.674. The standard InChI is InChI=1S/C13H6Br2ClF3/c14-6-1-2-9(16)7(3-6)13(15)8-4-11(18)12(19)5-10(8)17/h1-5,13H. The second-order valence-electron chi connectivity index (χ2n) is 3.82. The SMILES string of the molecule is Fc1cc(F)c(C(Br)c2cc(Br)ccc2Cl)cc1F. The van der Waals surface area contributed by atoms with Crippen molar-refractivity contribution in [2.45, 2.75) is 4.83 Å². The molecule has 1 atom stereocenters. The van der Waals surface area contributed by atoms with Crippen molar-refractivity contribution in [2.24, 2.45) is 0 Å². The van der Waals surface area contributed by atoms with Crippen LogP contribution in [-0.2, 0) is 0 Å². The molecule has 2 aromatic rings. The lowest BCUT2D eigenvalue weighted by Gasteiger charge is -2.14. The van der Waals surface area contributed by atoms with Crippen molar-refractivity contribution in [3.63, 3.8) is 0 Å². The summed E-state index contributed by atoms with van der Waals surface area (Å²) >= 11 is 12.6. The van der Waals surface area contributed by atoms with E-state index >= 15 is 0 Å². The fourth-order valence-electron chi connectivity index (χ4n) is 1.61. The van der Waals surface area contributed by atoms with Gasteiger partial charge in [-0.3, -0.25) is 0 Å². The van der Waals surface area contributed by atoms with E-state index in [4.69, 9.17) is 11.6 Å². The Morgan fingerprint density at radius 2 is 1.53 bits per heavy atom. The Hall–Kier alpha value is -0.520. The molecule has 6 heteroatoms. The van der Waals surface area contributed by atoms with Gasteiger partial charge < -0.3 is 0 Å². The molecule has 0 aromatic heterocycles. The van der Waals surface area contributed by atoms with E-state index < -0.39 is 22.3 Å². The molecule has 0 radical (unpaired) electrons. The smallest absolute Gasteiger partial charge is 0.161 e. The van der Waals surface area contributed by atoms with E-state index in [1.54, 1.807) is 18.2 Å². The van der Waals surface area contributed by atoms with Gasteiger partial charge in [-0.05, 0) is 29.8 Å². The van der Waals surface area contributed by atoms with Gasteiger partial charge in [0.2, 0.25) is 0 Å². The fourth-order valence-corrected chi connectivity index (χ4v) is 3.08. The molecule has 0 N–H and O–H groups in total. The summed E-state index contributed by atoms with van der Waals surface area (Å²) < 4.78 is 40.6. The van der Waals surface area contributed by atoms with Crippen LogP contribution in [0, 0.1) is 17.5 Å². The van der Waals surface area contributed by atoms with Crippen LogP contribution in [0.3, 0.4) is 0 Å². The number of rotatable bonds is 2. The first-order chi connectivity index (χ1) is 8.90. The zero-order valence-electron chi connectivity index (χ0n) is 9.23. The van der Waals surface area contributed by atoms with Crippen LogP contribution >= 0.6 is 43.5 Å². The number of hydrogen-bond acceptors (Lipinski definition) is 0. The lowest BCUT2D eigenvalue weighted by atomic mass is 10.0. The second kappa shape index (κ2) is 5.85. The van der Waals surface area contributed by atoms with Gasteiger partial charge in [0, 0.05) is 21.1 Å². The second-order valence-corrected chi connectivity index (χ2v) is 6.05. The van der Waals surface area contributed by atoms with Gasteiger partial charge in [-0.2, -0.15) is 0 Å². The van der Waals surface area contributed by atoms with Gasteiger partial charge in [-0.15, -0.1) is 0 Å². The van der Waals surface area contributed by atoms with Crippen LogP contribution < -0.4 is 0 Å². The highest BCUT2D eigenvalue weighted by molar-refractivity contribution is 9.10. The predicted octanol–water partition coefficient (Wildman–Crippen LogP) is 6.00. The topological polar surface area (TPSA) is 0 Å². The first-order valence-corrected chi connectivity index (χ1v) is 7.22. The Morgan fingerprint density at radius 1 is 0.895 bits per heavy atom. The van der Waals surface area contributed by atoms with Crippen molar-refractivity contribution in [3.05, 3.63) is 68.4 Å². The third kappa shape index (κ3) is 3.15. The third-order valence-electron chi connectivity index (χ3n) is 2.54. The third-order valence-corrected chi connectivity index (χ3v) is 4.37. The normalized spacial score (nSPS) is 12.5. The van der Waals surface area contributed by atoms with Gasteiger partial charge in [0.1, 0.15) is 5.82 Å². The van der Waals surface area contributed by atoms with E-state index in [2.05, 4.69) is 31.9 Å². The first-order valence-electron chi connectivity index (χ1n) is 5.13. The van der Waals surface area contributed by atoms with Gasteiger partial charge in [-0.25, -0.2) is 13.2 Å². The van der Waals surface area contributed by atoms with Gasteiger partial charge in [0.05, 0.1) is 4.83 Å². The maximum atomic E-state index is 13.7. The molecule has 0 aliphatic heterocycles. The average Bonchev–Trinajstić information content (AvgIpc) is 2.36. The Bertz CT molecular complexity index is 632. The number of halogens is 6. The number of hydrogen-bond donors (Lipinski definition) is 0. The van der Waals surface area contributed by atoms with Crippen molar-refractivity contribution in [2.75, 3.05) is 0 Å². The van der Waals surface area contributed by atoms with Crippen molar-refractivity contribution < 1.29 is 13.2 Å². The Morgan fingerprint density at radius 3 is 2.21 bits per heavy atom. The lowest BCUT2D eigenvalue weighted by molar-refractivity contribution is 0.491. The van der Waals surface area contributed by atoms with Crippen molar-refractivity contribution in [3.8, 4) is 0 Å². The van der Waals surface area contributed by atoms with E-state index in [1.807, 2.05) is 0 Å². The fraction of sp³-hybridized carbons (Fsp3) is 0.0769. The molecule has 0 amide bonds. The molecule has 0 heterocycles. The molecule has 0 saturated heterocycles. The molecule has 2 rings (SSSR count). The summed E-state index contributed by atoms with van der Waals surface area (Å²) in [5.41, 5.74) is 0.542. The molecule has 100 valence electrons. The molecule has 1 unspecified atom stereocenters. The largest absolute Gasteiger partial charge is 0.207 e. The van der Waals surface area contributed by atoms with Crippen molar-refractivity contribution >= 4 is 43.5 Å². The van der Waals surface area contributed by atoms with Crippen LogP contribution in [0.25, 0.3) is 0 Å². The summed E-state index contributed by atoms with van der Waals surface area (Å²) in [7, 11) is 0. The molecule has 0 nitrogen and oxygen atoms in total. The Labute approximate surface area is 129 Å². The van der Waals surface area contributed by atoms with Crippen LogP contribution in [0.1, 0.15) is 16.0 Å². The molecule has 0 aliphatic carbocycles. The molecule has 0 bridgehead atoms. The zero-order valence-corrected chi connectivity index (χ0v) is 13.2. The zero-order chi connectivity index (χ0) is 14.2. The van der Waals surface area contributed by atoms with Crippen LogP contribution in [0.5, 0.6) is 0 Å². The van der Waals surface area contributed by atoms with Gasteiger partial charge in [0.15, 0.2) is 11.6 Å². The highest BCUT2D eigenvalue weighted by Gasteiger charge is 2.20. The maximum Gasteiger partial charge on any atom is 0.161 e. The summed E-state index contributed by atoms with van der Waals surface area (Å²) in [5, 5.41) is 0.397. The van der Waals surface area contributed by atoms with E-state index in [1.165, 1.54) is 0 Å². The average molecular weight is 414 g/mol. The van der Waals surface area contributed by atoms with E-state index in [0.717, 1.165) is 10.5 Å². The van der Waals surface area contributed by atoms with E-state index in [9.17, 15) is 13.2 Å². The summed E-state index contributed by atoms with van der Waals surface area (Å²) in [6, 6.07) is 6.38. The molecule has 0 fully saturated rings. The highest BCUT2D eigenvalue weighted by Crippen LogP contribution is 2.38. The van der Waals surface area contributed by atoms with Crippen LogP contribution in [0.2, 0.25) is 5.02 Å². The van der Waals surface area contributed by atoms with Crippen LogP contribution in [-0.4, -0.2) is 0 Å². The molecule has 0 spiro atoms. The monoisotopic (exact) mass is 412 g/mol. The van der Waals surface area contributed by atoms with Crippen molar-refractivity contribution in [1.82, 2.24) is 0 Å². The Kier molecular flexibility index (Phi) is 4.58. The van der Waals surface area contributed by atoms with Gasteiger partial charge >= 0.3 is 0 Å². The molecule has 0 saturated carbocycles. The minimum atomic E-state index is -1.22. The quantitative estimate of drug-likeness (QED) is 0.417. The molecular weight excluding hydrogens is 408 g/mol. The molecule has 2 aromatic carbocycles. The lowest BCUT2D eigenvalue weighted by Crippen LogP contribution is -2.00. The van der Waals surface area contributed by atoms with E-state index in [0.29, 0.717) is 16.7 Å². The predicted molar refractivity (Wildman–Crippen MR) is 76.2 cm³/mol. The van der Waals surface area contributed by atoms with Crippen LogP contribution in [0.4, 0.5) is 13.2 Å². The van der Waals surface area contributed by atoms with Gasteiger partial charge in [0.25, 0.3) is 0 Å². The van der Waals surface area contributed by atoms with Gasteiger partial charge in [-0.1, -0.05) is 43.5 Å². The molecule has 0 aliphatic rings. The number of alkyl halides is 1. The minimum absolute atomic E-state index is 0.0149. The summed E-state index contributed by atoms with van der Waals surface area (Å²) in [6.45, 7) is 0. The minimum Gasteiger partial charge on any atom is -0.207 e. The maximum absolute atomic E-state index is 13.7. The molecule has 19 heavy (non-hydrogen) atoms. The highest BCUT2D eigenvalue weighted by atomic mass is 79.9. The first kappa shape index (κ1) is 14.9. The number of benzene rings is 2. The van der Waals surface area contributed by atoms with Crippen LogP contribution in [0.15, 0.2) is 34.8 Å².